The predicted octanol–water partition coefficient (Wildman–Crippen LogP) is 0.952. The van der Waals surface area contributed by atoms with Crippen LogP contribution in [-0.2, 0) is 14.3 Å². The zero-order chi connectivity index (χ0) is 12.1. The number of aliphatic carboxylic acids is 1. The first-order valence-electron chi connectivity index (χ1n) is 4.57. The highest BCUT2D eigenvalue weighted by molar-refractivity contribution is 5.99. The van der Waals surface area contributed by atoms with Crippen LogP contribution >= 0.6 is 0 Å². The van der Waals surface area contributed by atoms with Crippen LogP contribution in [0.5, 0.6) is 0 Å². The molecule has 0 saturated heterocycles. The molecule has 0 spiro atoms. The van der Waals surface area contributed by atoms with Crippen molar-refractivity contribution in [2.75, 3.05) is 6.61 Å². The van der Waals surface area contributed by atoms with E-state index in [-0.39, 0.29) is 12.3 Å². The Morgan fingerprint density at radius 2 is 2.25 bits per heavy atom. The van der Waals surface area contributed by atoms with Crippen LogP contribution in [0.1, 0.15) is 18.5 Å². The number of halogens is 1. The van der Waals surface area contributed by atoms with Gasteiger partial charge in [0.25, 0.3) is 0 Å². The van der Waals surface area contributed by atoms with Gasteiger partial charge in [-0.2, -0.15) is 0 Å². The van der Waals surface area contributed by atoms with Crippen molar-refractivity contribution in [2.45, 2.75) is 12.8 Å². The molecule has 1 rings (SSSR count). The van der Waals surface area contributed by atoms with Crippen molar-refractivity contribution in [1.29, 1.82) is 0 Å². The molecule has 86 valence electrons. The molecule has 1 N–H and O–H groups in total. The average molecular weight is 227 g/mol. The number of nitrogens with zero attached hydrogens (tertiary/aromatic N) is 1. The fourth-order valence-corrected chi connectivity index (χ4v) is 1.13. The summed E-state index contributed by atoms with van der Waals surface area (Å²) in [6.07, 6.45) is 0.852. The standard InChI is InChI=1S/C10H10FNO4/c1-2-16-10(15)8(9(13)14)7-4-3-6(11)5-12-7/h3-5,8H,2H2,1H3,(H,13,14). The molecule has 0 fully saturated rings. The van der Waals surface area contributed by atoms with Gasteiger partial charge in [0, 0.05) is 0 Å². The van der Waals surface area contributed by atoms with Crippen LogP contribution < -0.4 is 0 Å². The van der Waals surface area contributed by atoms with Crippen molar-refractivity contribution in [3.8, 4) is 0 Å². The molecule has 0 bridgehead atoms. The van der Waals surface area contributed by atoms with Crippen LogP contribution in [0, 0.1) is 5.82 Å². The van der Waals surface area contributed by atoms with Crippen LogP contribution in [0.15, 0.2) is 18.3 Å². The Hall–Kier alpha value is -1.98. The largest absolute Gasteiger partial charge is 0.480 e. The lowest BCUT2D eigenvalue weighted by Crippen LogP contribution is -2.24. The summed E-state index contributed by atoms with van der Waals surface area (Å²) < 4.78 is 17.2. The van der Waals surface area contributed by atoms with Crippen LogP contribution in [0.25, 0.3) is 0 Å². The maximum Gasteiger partial charge on any atom is 0.326 e. The second kappa shape index (κ2) is 5.20. The summed E-state index contributed by atoms with van der Waals surface area (Å²) in [5.41, 5.74) is -0.0487. The zero-order valence-electron chi connectivity index (χ0n) is 8.51. The van der Waals surface area contributed by atoms with Gasteiger partial charge in [-0.15, -0.1) is 0 Å². The summed E-state index contributed by atoms with van der Waals surface area (Å²) in [7, 11) is 0. The molecule has 1 aromatic heterocycles. The van der Waals surface area contributed by atoms with Crippen LogP contribution in [0.4, 0.5) is 4.39 Å². The smallest absolute Gasteiger partial charge is 0.326 e. The number of ether oxygens (including phenoxy) is 1. The summed E-state index contributed by atoms with van der Waals surface area (Å²) >= 11 is 0. The molecule has 0 aliphatic carbocycles. The number of carbonyl (C=O) groups is 2. The number of hydrogen-bond donors (Lipinski definition) is 1. The molecular formula is C10H10FNO4. The molecule has 0 aliphatic rings. The topological polar surface area (TPSA) is 76.5 Å². The van der Waals surface area contributed by atoms with Gasteiger partial charge < -0.3 is 9.84 Å². The highest BCUT2D eigenvalue weighted by Crippen LogP contribution is 2.15. The van der Waals surface area contributed by atoms with E-state index >= 15 is 0 Å². The second-order valence-corrected chi connectivity index (χ2v) is 2.92. The van der Waals surface area contributed by atoms with Crippen molar-refractivity contribution in [3.63, 3.8) is 0 Å². The summed E-state index contributed by atoms with van der Waals surface area (Å²) in [5.74, 6) is -4.40. The van der Waals surface area contributed by atoms with Gasteiger partial charge in [-0.25, -0.2) is 4.39 Å². The Balaban J connectivity index is 2.98. The van der Waals surface area contributed by atoms with E-state index in [9.17, 15) is 14.0 Å². The Labute approximate surface area is 90.9 Å². The van der Waals surface area contributed by atoms with Crippen molar-refractivity contribution >= 4 is 11.9 Å². The van der Waals surface area contributed by atoms with Crippen LogP contribution in [0.2, 0.25) is 0 Å². The minimum atomic E-state index is -1.51. The van der Waals surface area contributed by atoms with E-state index in [1.165, 1.54) is 0 Å². The summed E-state index contributed by atoms with van der Waals surface area (Å²) in [6.45, 7) is 1.64. The highest BCUT2D eigenvalue weighted by atomic mass is 19.1. The molecule has 0 saturated carbocycles. The van der Waals surface area contributed by atoms with E-state index in [1.54, 1.807) is 6.92 Å². The number of hydrogen-bond acceptors (Lipinski definition) is 4. The van der Waals surface area contributed by atoms with E-state index in [0.29, 0.717) is 0 Å². The Morgan fingerprint density at radius 3 is 2.69 bits per heavy atom. The van der Waals surface area contributed by atoms with Crippen molar-refractivity contribution in [1.82, 2.24) is 4.98 Å². The van der Waals surface area contributed by atoms with Crippen molar-refractivity contribution in [3.05, 3.63) is 29.8 Å². The number of carbonyl (C=O) groups excluding carboxylic acids is 1. The summed E-state index contributed by atoms with van der Waals surface area (Å²) in [4.78, 5) is 25.7. The van der Waals surface area contributed by atoms with Gasteiger partial charge in [0.2, 0.25) is 0 Å². The highest BCUT2D eigenvalue weighted by Gasteiger charge is 2.30. The molecule has 1 aromatic rings. The minimum Gasteiger partial charge on any atom is -0.480 e. The van der Waals surface area contributed by atoms with Gasteiger partial charge in [-0.1, -0.05) is 0 Å². The van der Waals surface area contributed by atoms with Crippen molar-refractivity contribution < 1.29 is 23.8 Å². The fourth-order valence-electron chi connectivity index (χ4n) is 1.13. The van der Waals surface area contributed by atoms with Gasteiger partial charge in [-0.05, 0) is 19.1 Å². The third-order valence-corrected chi connectivity index (χ3v) is 1.82. The maximum atomic E-state index is 12.6. The molecular weight excluding hydrogens is 217 g/mol. The Morgan fingerprint density at radius 1 is 1.56 bits per heavy atom. The SMILES string of the molecule is CCOC(=O)C(C(=O)O)c1ccc(F)cn1. The number of pyridine rings is 1. The second-order valence-electron chi connectivity index (χ2n) is 2.92. The molecule has 6 heteroatoms. The first-order valence-corrected chi connectivity index (χ1v) is 4.57. The van der Waals surface area contributed by atoms with Crippen molar-refractivity contribution in [2.24, 2.45) is 0 Å². The Kier molecular flexibility index (Phi) is 3.93. The minimum absolute atomic E-state index is 0.0487. The first-order chi connectivity index (χ1) is 7.56. The third kappa shape index (κ3) is 2.75. The van der Waals surface area contributed by atoms with Crippen LogP contribution in [-0.4, -0.2) is 28.6 Å². The summed E-state index contributed by atoms with van der Waals surface area (Å²) in [5, 5.41) is 8.86. The molecule has 0 aromatic carbocycles. The van der Waals surface area contributed by atoms with E-state index in [2.05, 4.69) is 9.72 Å². The first kappa shape index (κ1) is 12.1. The van der Waals surface area contributed by atoms with E-state index in [0.717, 1.165) is 18.3 Å². The summed E-state index contributed by atoms with van der Waals surface area (Å²) in [6, 6.07) is 2.18. The average Bonchev–Trinajstić information content (AvgIpc) is 2.21. The number of carboxylic acid groups (broad SMARTS) is 1. The fraction of sp³-hybridized carbons (Fsp3) is 0.300. The molecule has 0 amide bonds. The molecule has 1 atom stereocenters. The molecule has 1 heterocycles. The number of esters is 1. The molecule has 5 nitrogen and oxygen atoms in total. The lowest BCUT2D eigenvalue weighted by atomic mass is 10.1. The maximum absolute atomic E-state index is 12.6. The molecule has 0 radical (unpaired) electrons. The van der Waals surface area contributed by atoms with Gasteiger partial charge in [0.05, 0.1) is 18.5 Å². The van der Waals surface area contributed by atoms with E-state index in [1.807, 2.05) is 0 Å². The molecule has 16 heavy (non-hydrogen) atoms. The van der Waals surface area contributed by atoms with E-state index < -0.39 is 23.7 Å². The number of rotatable bonds is 4. The lowest BCUT2D eigenvalue weighted by Gasteiger charge is -2.10. The van der Waals surface area contributed by atoms with Crippen LogP contribution in [0.3, 0.4) is 0 Å². The number of carboxylic acids is 1. The van der Waals surface area contributed by atoms with E-state index in [4.69, 9.17) is 5.11 Å². The monoisotopic (exact) mass is 227 g/mol. The molecule has 1 unspecified atom stereocenters. The zero-order valence-corrected chi connectivity index (χ0v) is 8.51. The molecule has 0 aliphatic heterocycles. The Bertz CT molecular complexity index is 390. The van der Waals surface area contributed by atoms with Gasteiger partial charge in [0.1, 0.15) is 5.82 Å². The predicted molar refractivity (Wildman–Crippen MR) is 51.2 cm³/mol. The number of aromatic nitrogens is 1. The third-order valence-electron chi connectivity index (χ3n) is 1.82. The van der Waals surface area contributed by atoms with Gasteiger partial charge >= 0.3 is 11.9 Å². The quantitative estimate of drug-likeness (QED) is 0.612. The normalized spacial score (nSPS) is 11.9. The lowest BCUT2D eigenvalue weighted by molar-refractivity contribution is -0.153. The van der Waals surface area contributed by atoms with Gasteiger partial charge in [-0.3, -0.25) is 14.6 Å². The van der Waals surface area contributed by atoms with Gasteiger partial charge in [0.15, 0.2) is 5.92 Å².